The molecule has 0 saturated carbocycles. The summed E-state index contributed by atoms with van der Waals surface area (Å²) in [5.41, 5.74) is 1.29. The second-order valence-corrected chi connectivity index (χ2v) is 7.11. The van der Waals surface area contributed by atoms with Gasteiger partial charge in [0.2, 0.25) is 0 Å². The Hall–Kier alpha value is -3.48. The van der Waals surface area contributed by atoms with Crippen molar-refractivity contribution in [3.63, 3.8) is 0 Å². The quantitative estimate of drug-likeness (QED) is 0.496. The molecule has 7 heteroatoms. The Kier molecular flexibility index (Phi) is 7.54. The van der Waals surface area contributed by atoms with Crippen molar-refractivity contribution in [3.05, 3.63) is 71.8 Å². The number of carbonyl (C=O) groups is 1. The predicted octanol–water partition coefficient (Wildman–Crippen LogP) is 4.14. The molecule has 31 heavy (non-hydrogen) atoms. The molecule has 1 N–H and O–H groups in total. The number of aryl methyl sites for hydroxylation is 1. The lowest BCUT2D eigenvalue weighted by Gasteiger charge is -2.21. The first-order chi connectivity index (χ1) is 15.1. The molecule has 1 unspecified atom stereocenters. The van der Waals surface area contributed by atoms with Crippen LogP contribution in [0.4, 0.5) is 0 Å². The molecule has 1 amide bonds. The molecule has 0 aliphatic carbocycles. The normalized spacial score (nSPS) is 11.6. The minimum atomic E-state index is -0.491. The molecular weight excluding hydrogens is 394 g/mol. The van der Waals surface area contributed by atoms with Gasteiger partial charge in [0.1, 0.15) is 17.6 Å². The number of methoxy groups -OCH3 is 2. The number of imidazole rings is 1. The Morgan fingerprint density at radius 1 is 1.10 bits per heavy atom. The Morgan fingerprint density at radius 2 is 1.87 bits per heavy atom. The lowest BCUT2D eigenvalue weighted by atomic mass is 10.0. The smallest absolute Gasteiger partial charge is 0.252 e. The van der Waals surface area contributed by atoms with E-state index in [4.69, 9.17) is 14.2 Å². The maximum Gasteiger partial charge on any atom is 0.252 e. The number of ether oxygens (including phenoxy) is 3. The molecule has 3 aromatic rings. The lowest BCUT2D eigenvalue weighted by molar-refractivity contribution is 0.0940. The summed E-state index contributed by atoms with van der Waals surface area (Å²) in [6, 6.07) is 12.3. The molecular formula is C24H29N3O4. The molecule has 1 aromatic heterocycles. The summed E-state index contributed by atoms with van der Waals surface area (Å²) in [5.74, 6) is 2.27. The lowest BCUT2D eigenvalue weighted by Crippen LogP contribution is -2.31. The number of para-hydroxylation sites is 1. The van der Waals surface area contributed by atoms with Crippen LogP contribution in [0, 0.1) is 0 Å². The monoisotopic (exact) mass is 423 g/mol. The van der Waals surface area contributed by atoms with Gasteiger partial charge in [0.05, 0.1) is 20.8 Å². The van der Waals surface area contributed by atoms with E-state index in [-0.39, 0.29) is 5.91 Å². The van der Waals surface area contributed by atoms with Gasteiger partial charge < -0.3 is 24.1 Å². The van der Waals surface area contributed by atoms with E-state index in [1.54, 1.807) is 38.6 Å². The van der Waals surface area contributed by atoms with Gasteiger partial charge in [0, 0.05) is 30.6 Å². The van der Waals surface area contributed by atoms with Crippen LogP contribution < -0.4 is 19.5 Å². The number of hydrogen-bond donors (Lipinski definition) is 1. The van der Waals surface area contributed by atoms with E-state index in [1.807, 2.05) is 42.1 Å². The highest BCUT2D eigenvalue weighted by molar-refractivity contribution is 5.95. The van der Waals surface area contributed by atoms with Crippen molar-refractivity contribution >= 4 is 5.91 Å². The van der Waals surface area contributed by atoms with Crippen LogP contribution in [-0.4, -0.2) is 36.3 Å². The summed E-state index contributed by atoms with van der Waals surface area (Å²) in [6.45, 7) is 2.71. The van der Waals surface area contributed by atoms with E-state index in [0.29, 0.717) is 35.2 Å². The Labute approximate surface area is 183 Å². The second-order valence-electron chi connectivity index (χ2n) is 7.11. The third-order valence-electron chi connectivity index (χ3n) is 5.02. The van der Waals surface area contributed by atoms with Gasteiger partial charge >= 0.3 is 0 Å². The van der Waals surface area contributed by atoms with Crippen molar-refractivity contribution in [1.82, 2.24) is 14.9 Å². The Morgan fingerprint density at radius 3 is 2.55 bits per heavy atom. The van der Waals surface area contributed by atoms with Crippen molar-refractivity contribution < 1.29 is 19.0 Å². The van der Waals surface area contributed by atoms with E-state index < -0.39 is 6.04 Å². The number of nitrogens with zero attached hydrogens (tertiary/aromatic N) is 2. The predicted molar refractivity (Wildman–Crippen MR) is 119 cm³/mol. The number of rotatable bonds is 10. The standard InChI is InChI=1S/C24H29N3O4/c1-5-6-15-31-20-12-11-17(16-21(20)30-4)24(28)26-22(23-25-13-14-27(23)2)18-9-7-8-10-19(18)29-3/h7-14,16,22H,5-6,15H2,1-4H3,(H,26,28). The van der Waals surface area contributed by atoms with Crippen LogP contribution in [0.25, 0.3) is 0 Å². The molecule has 1 atom stereocenters. The summed E-state index contributed by atoms with van der Waals surface area (Å²) < 4.78 is 18.6. The molecule has 0 radical (unpaired) electrons. The average molecular weight is 424 g/mol. The first-order valence-corrected chi connectivity index (χ1v) is 10.3. The number of amides is 1. The molecule has 3 rings (SSSR count). The number of nitrogens with one attached hydrogen (secondary N) is 1. The van der Waals surface area contributed by atoms with Gasteiger partial charge in [-0.3, -0.25) is 4.79 Å². The maximum absolute atomic E-state index is 13.2. The fourth-order valence-electron chi connectivity index (χ4n) is 3.31. The zero-order valence-corrected chi connectivity index (χ0v) is 18.4. The molecule has 0 spiro atoms. The number of carbonyl (C=O) groups excluding carboxylic acids is 1. The van der Waals surface area contributed by atoms with E-state index in [2.05, 4.69) is 17.2 Å². The minimum Gasteiger partial charge on any atom is -0.496 e. The summed E-state index contributed by atoms with van der Waals surface area (Å²) in [7, 11) is 5.07. The van der Waals surface area contributed by atoms with E-state index in [1.165, 1.54) is 0 Å². The van der Waals surface area contributed by atoms with Crippen molar-refractivity contribution in [2.45, 2.75) is 25.8 Å². The molecule has 0 saturated heterocycles. The first-order valence-electron chi connectivity index (χ1n) is 10.3. The van der Waals surface area contributed by atoms with Crippen molar-refractivity contribution in [2.75, 3.05) is 20.8 Å². The topological polar surface area (TPSA) is 74.6 Å². The van der Waals surface area contributed by atoms with E-state index in [0.717, 1.165) is 18.4 Å². The molecule has 0 aliphatic rings. The summed E-state index contributed by atoms with van der Waals surface area (Å²) >= 11 is 0. The van der Waals surface area contributed by atoms with Gasteiger partial charge in [-0.2, -0.15) is 0 Å². The molecule has 7 nitrogen and oxygen atoms in total. The largest absolute Gasteiger partial charge is 0.496 e. The molecule has 0 aliphatic heterocycles. The van der Waals surface area contributed by atoms with Gasteiger partial charge in [-0.05, 0) is 30.7 Å². The molecule has 164 valence electrons. The van der Waals surface area contributed by atoms with Crippen LogP contribution in [0.1, 0.15) is 47.6 Å². The molecule has 0 fully saturated rings. The third kappa shape index (κ3) is 5.17. The number of hydrogen-bond acceptors (Lipinski definition) is 5. The van der Waals surface area contributed by atoms with E-state index in [9.17, 15) is 4.79 Å². The van der Waals surface area contributed by atoms with Crippen LogP contribution in [-0.2, 0) is 7.05 Å². The summed E-state index contributed by atoms with van der Waals surface area (Å²) in [4.78, 5) is 17.6. The number of benzene rings is 2. The SMILES string of the molecule is CCCCOc1ccc(C(=O)NC(c2ccccc2OC)c2nccn2C)cc1OC. The fourth-order valence-corrected chi connectivity index (χ4v) is 3.31. The van der Waals surface area contributed by atoms with Gasteiger partial charge in [0.15, 0.2) is 11.5 Å². The number of unbranched alkanes of at least 4 members (excludes halogenated alkanes) is 1. The van der Waals surface area contributed by atoms with Gasteiger partial charge in [-0.1, -0.05) is 31.5 Å². The molecule has 1 heterocycles. The van der Waals surface area contributed by atoms with Crippen LogP contribution in [0.2, 0.25) is 0 Å². The van der Waals surface area contributed by atoms with Crippen molar-refractivity contribution in [2.24, 2.45) is 7.05 Å². The highest BCUT2D eigenvalue weighted by atomic mass is 16.5. The fraction of sp³-hybridized carbons (Fsp3) is 0.333. The van der Waals surface area contributed by atoms with E-state index >= 15 is 0 Å². The first kappa shape index (κ1) is 22.2. The van der Waals surface area contributed by atoms with Crippen LogP contribution in [0.5, 0.6) is 17.2 Å². The van der Waals surface area contributed by atoms with Crippen LogP contribution >= 0.6 is 0 Å². The Bertz CT molecular complexity index is 1020. The zero-order chi connectivity index (χ0) is 22.2. The Balaban J connectivity index is 1.90. The van der Waals surface area contributed by atoms with Crippen molar-refractivity contribution in [3.8, 4) is 17.2 Å². The maximum atomic E-state index is 13.2. The zero-order valence-electron chi connectivity index (χ0n) is 18.4. The van der Waals surface area contributed by atoms with Gasteiger partial charge in [-0.15, -0.1) is 0 Å². The highest BCUT2D eigenvalue weighted by Crippen LogP contribution is 2.31. The van der Waals surface area contributed by atoms with Crippen molar-refractivity contribution in [1.29, 1.82) is 0 Å². The van der Waals surface area contributed by atoms with Crippen LogP contribution in [0.3, 0.4) is 0 Å². The highest BCUT2D eigenvalue weighted by Gasteiger charge is 2.24. The number of aromatic nitrogens is 2. The van der Waals surface area contributed by atoms with Gasteiger partial charge in [0.25, 0.3) is 5.91 Å². The van der Waals surface area contributed by atoms with Crippen LogP contribution in [0.15, 0.2) is 54.9 Å². The third-order valence-corrected chi connectivity index (χ3v) is 5.02. The minimum absolute atomic E-state index is 0.252. The molecule has 0 bridgehead atoms. The molecule has 2 aromatic carbocycles. The van der Waals surface area contributed by atoms with Gasteiger partial charge in [-0.25, -0.2) is 4.98 Å². The second kappa shape index (κ2) is 10.5. The summed E-state index contributed by atoms with van der Waals surface area (Å²) in [6.07, 6.45) is 5.54. The average Bonchev–Trinajstić information content (AvgIpc) is 3.23. The summed E-state index contributed by atoms with van der Waals surface area (Å²) in [5, 5.41) is 3.09.